The maximum absolute atomic E-state index is 12.6. The van der Waals surface area contributed by atoms with Crippen molar-refractivity contribution in [3.63, 3.8) is 0 Å². The zero-order chi connectivity index (χ0) is 19.6. The molecule has 0 rings (SSSR count). The van der Waals surface area contributed by atoms with Gasteiger partial charge in [0.2, 0.25) is 0 Å². The summed E-state index contributed by atoms with van der Waals surface area (Å²) in [5.74, 6) is -0.662. The van der Waals surface area contributed by atoms with Gasteiger partial charge >= 0.3 is 11.9 Å². The highest BCUT2D eigenvalue weighted by atomic mass is 16.5. The molecule has 0 atom stereocenters. The minimum Gasteiger partial charge on any atom is -0.462 e. The Hall–Kier alpha value is -1.32. The minimum absolute atomic E-state index is 0.331. The Morgan fingerprint density at radius 2 is 0.923 bits per heavy atom. The van der Waals surface area contributed by atoms with Crippen molar-refractivity contribution in [2.45, 2.75) is 105 Å². The van der Waals surface area contributed by atoms with Crippen LogP contribution in [0.15, 0.2) is 11.1 Å². The second kappa shape index (κ2) is 17.1. The molecule has 0 amide bonds. The lowest BCUT2D eigenvalue weighted by molar-refractivity contribution is -0.142. The predicted octanol–water partition coefficient (Wildman–Crippen LogP) is 6.13. The summed E-state index contributed by atoms with van der Waals surface area (Å²) in [5.41, 5.74) is 1.10. The van der Waals surface area contributed by atoms with Crippen LogP contribution in [0.4, 0.5) is 0 Å². The Kier molecular flexibility index (Phi) is 16.2. The van der Waals surface area contributed by atoms with Gasteiger partial charge in [-0.1, -0.05) is 66.2 Å². The monoisotopic (exact) mass is 368 g/mol. The Labute approximate surface area is 160 Å². The quantitative estimate of drug-likeness (QED) is 0.187. The Balaban J connectivity index is 5.31. The van der Waals surface area contributed by atoms with E-state index in [0.29, 0.717) is 37.2 Å². The van der Waals surface area contributed by atoms with Gasteiger partial charge in [0, 0.05) is 11.1 Å². The van der Waals surface area contributed by atoms with Crippen LogP contribution < -0.4 is 0 Å². The third kappa shape index (κ3) is 11.3. The molecule has 4 nitrogen and oxygen atoms in total. The minimum atomic E-state index is -0.331. The fourth-order valence-electron chi connectivity index (χ4n) is 2.77. The average molecular weight is 369 g/mol. The molecule has 0 aliphatic rings. The topological polar surface area (TPSA) is 52.6 Å². The summed E-state index contributed by atoms with van der Waals surface area (Å²) in [4.78, 5) is 25.2. The van der Waals surface area contributed by atoms with Gasteiger partial charge < -0.3 is 9.47 Å². The Morgan fingerprint density at radius 3 is 1.23 bits per heavy atom. The van der Waals surface area contributed by atoms with Crippen LogP contribution in [0.3, 0.4) is 0 Å². The third-order valence-corrected chi connectivity index (χ3v) is 4.29. The van der Waals surface area contributed by atoms with Crippen LogP contribution in [0, 0.1) is 0 Å². The van der Waals surface area contributed by atoms with Crippen LogP contribution in [0.2, 0.25) is 0 Å². The molecule has 4 heteroatoms. The van der Waals surface area contributed by atoms with Gasteiger partial charge in [-0.25, -0.2) is 9.59 Å². The van der Waals surface area contributed by atoms with Crippen molar-refractivity contribution in [3.8, 4) is 0 Å². The SMILES string of the molecule is CCCCCCC(C(=O)OCCC)=C(CCCCCC)C(=O)OCCC. The number of hydrogen-bond donors (Lipinski definition) is 0. The highest BCUT2D eigenvalue weighted by Gasteiger charge is 2.22. The highest BCUT2D eigenvalue weighted by molar-refractivity contribution is 6.00. The molecule has 0 bridgehead atoms. The summed E-state index contributed by atoms with van der Waals surface area (Å²) >= 11 is 0. The molecule has 0 aromatic rings. The first kappa shape index (κ1) is 24.7. The van der Waals surface area contributed by atoms with Gasteiger partial charge in [-0.2, -0.15) is 0 Å². The number of ether oxygens (including phenoxy) is 2. The lowest BCUT2D eigenvalue weighted by Gasteiger charge is -2.15. The van der Waals surface area contributed by atoms with Gasteiger partial charge in [-0.15, -0.1) is 0 Å². The second-order valence-corrected chi connectivity index (χ2v) is 6.85. The van der Waals surface area contributed by atoms with E-state index < -0.39 is 0 Å². The zero-order valence-corrected chi connectivity index (χ0v) is 17.5. The van der Waals surface area contributed by atoms with Crippen LogP contribution in [-0.4, -0.2) is 25.2 Å². The van der Waals surface area contributed by atoms with Crippen molar-refractivity contribution < 1.29 is 19.1 Å². The van der Waals surface area contributed by atoms with Gasteiger partial charge in [0.25, 0.3) is 0 Å². The standard InChI is InChI=1S/C22H40O4/c1-5-9-11-13-15-19(21(23)25-17-7-3)20(16-14-12-10-6-2)22(24)26-18-8-4/h5-18H2,1-4H3. The van der Waals surface area contributed by atoms with E-state index in [4.69, 9.17) is 9.47 Å². The van der Waals surface area contributed by atoms with Gasteiger partial charge in [-0.05, 0) is 38.5 Å². The molecule has 0 aliphatic carbocycles. The number of esters is 2. The number of rotatable bonds is 16. The van der Waals surface area contributed by atoms with Crippen molar-refractivity contribution in [1.29, 1.82) is 0 Å². The Morgan fingerprint density at radius 1 is 0.538 bits per heavy atom. The van der Waals surface area contributed by atoms with Crippen LogP contribution in [-0.2, 0) is 19.1 Å². The van der Waals surface area contributed by atoms with Crippen molar-refractivity contribution >= 4 is 11.9 Å². The average Bonchev–Trinajstić information content (AvgIpc) is 2.65. The van der Waals surface area contributed by atoms with Crippen molar-refractivity contribution in [1.82, 2.24) is 0 Å². The summed E-state index contributed by atoms with van der Waals surface area (Å²) in [6.45, 7) is 9.05. The smallest absolute Gasteiger partial charge is 0.334 e. The fraction of sp³-hybridized carbons (Fsp3) is 0.818. The fourth-order valence-corrected chi connectivity index (χ4v) is 2.77. The molecule has 152 valence electrons. The third-order valence-electron chi connectivity index (χ3n) is 4.29. The van der Waals surface area contributed by atoms with Crippen LogP contribution >= 0.6 is 0 Å². The van der Waals surface area contributed by atoms with Crippen molar-refractivity contribution in [3.05, 3.63) is 11.1 Å². The molecule has 0 aromatic carbocycles. The summed E-state index contributed by atoms with van der Waals surface area (Å²) in [5, 5.41) is 0. The molecule has 0 saturated heterocycles. The van der Waals surface area contributed by atoms with Crippen molar-refractivity contribution in [2.75, 3.05) is 13.2 Å². The van der Waals surface area contributed by atoms with Gasteiger partial charge in [-0.3, -0.25) is 0 Å². The van der Waals surface area contributed by atoms with Gasteiger partial charge in [0.15, 0.2) is 0 Å². The molecule has 0 unspecified atom stereocenters. The molecule has 0 saturated carbocycles. The molecule has 0 aliphatic heterocycles. The summed E-state index contributed by atoms with van der Waals surface area (Å²) in [6, 6.07) is 0. The molecule has 0 aromatic heterocycles. The molecule has 26 heavy (non-hydrogen) atoms. The molecule has 0 heterocycles. The van der Waals surface area contributed by atoms with Crippen LogP contribution in [0.25, 0.3) is 0 Å². The van der Waals surface area contributed by atoms with Crippen LogP contribution in [0.5, 0.6) is 0 Å². The summed E-state index contributed by atoms with van der Waals surface area (Å²) < 4.78 is 10.7. The summed E-state index contributed by atoms with van der Waals surface area (Å²) in [6.07, 6.45) is 11.3. The molecular formula is C22H40O4. The molecule has 0 radical (unpaired) electrons. The number of hydrogen-bond acceptors (Lipinski definition) is 4. The zero-order valence-electron chi connectivity index (χ0n) is 17.5. The number of carbonyl (C=O) groups is 2. The first-order valence-electron chi connectivity index (χ1n) is 10.7. The maximum atomic E-state index is 12.6. The first-order valence-corrected chi connectivity index (χ1v) is 10.7. The van der Waals surface area contributed by atoms with E-state index in [2.05, 4.69) is 13.8 Å². The molecular weight excluding hydrogens is 328 g/mol. The first-order chi connectivity index (χ1) is 12.6. The van der Waals surface area contributed by atoms with E-state index in [1.165, 1.54) is 0 Å². The Bertz CT molecular complexity index is 374. The van der Waals surface area contributed by atoms with Crippen molar-refractivity contribution in [2.24, 2.45) is 0 Å². The predicted molar refractivity (Wildman–Crippen MR) is 107 cm³/mol. The number of unbranched alkanes of at least 4 members (excludes halogenated alkanes) is 6. The normalized spacial score (nSPS) is 11.8. The van der Waals surface area contributed by atoms with E-state index in [9.17, 15) is 9.59 Å². The summed E-state index contributed by atoms with van der Waals surface area (Å²) in [7, 11) is 0. The second-order valence-electron chi connectivity index (χ2n) is 6.85. The highest BCUT2D eigenvalue weighted by Crippen LogP contribution is 2.22. The molecule has 0 spiro atoms. The van der Waals surface area contributed by atoms with E-state index in [1.807, 2.05) is 13.8 Å². The van der Waals surface area contributed by atoms with Gasteiger partial charge in [0.1, 0.15) is 0 Å². The number of carbonyl (C=O) groups excluding carboxylic acids is 2. The molecule has 0 fully saturated rings. The van der Waals surface area contributed by atoms with E-state index >= 15 is 0 Å². The molecule has 0 N–H and O–H groups in total. The lowest BCUT2D eigenvalue weighted by Crippen LogP contribution is -2.18. The maximum Gasteiger partial charge on any atom is 0.334 e. The van der Waals surface area contributed by atoms with E-state index in [-0.39, 0.29) is 11.9 Å². The van der Waals surface area contributed by atoms with E-state index in [1.54, 1.807) is 0 Å². The van der Waals surface area contributed by atoms with E-state index in [0.717, 1.165) is 64.2 Å². The largest absolute Gasteiger partial charge is 0.462 e. The van der Waals surface area contributed by atoms with Crippen LogP contribution in [0.1, 0.15) is 105 Å². The van der Waals surface area contributed by atoms with Gasteiger partial charge in [0.05, 0.1) is 13.2 Å². The lowest BCUT2D eigenvalue weighted by atomic mass is 9.96.